The molecule has 1 aliphatic heterocycles. The zero-order chi connectivity index (χ0) is 21.5. The number of hydrogen-bond donors (Lipinski definition) is 1. The Kier molecular flexibility index (Phi) is 7.57. The fourth-order valence-corrected chi connectivity index (χ4v) is 4.04. The summed E-state index contributed by atoms with van der Waals surface area (Å²) in [5.41, 5.74) is 7.85. The number of amides is 2. The molecule has 1 saturated heterocycles. The van der Waals surface area contributed by atoms with Crippen molar-refractivity contribution in [3.63, 3.8) is 0 Å². The van der Waals surface area contributed by atoms with Crippen LogP contribution in [0.4, 0.5) is 4.39 Å². The van der Waals surface area contributed by atoms with Gasteiger partial charge in [-0.05, 0) is 30.0 Å². The van der Waals surface area contributed by atoms with E-state index in [0.717, 1.165) is 17.5 Å². The van der Waals surface area contributed by atoms with Crippen molar-refractivity contribution in [2.24, 2.45) is 11.7 Å². The Bertz CT molecular complexity index is 886. The fraction of sp³-hybridized carbons (Fsp3) is 0.417. The summed E-state index contributed by atoms with van der Waals surface area (Å²) in [6.45, 7) is 4.51. The highest BCUT2D eigenvalue weighted by Gasteiger charge is 2.31. The molecule has 160 valence electrons. The van der Waals surface area contributed by atoms with Gasteiger partial charge in [-0.3, -0.25) is 9.59 Å². The molecule has 1 heterocycles. The minimum absolute atomic E-state index is 0.00578. The second-order valence-corrected chi connectivity index (χ2v) is 7.78. The largest absolute Gasteiger partial charge is 0.341 e. The third kappa shape index (κ3) is 5.25. The van der Waals surface area contributed by atoms with E-state index in [9.17, 15) is 14.0 Å². The van der Waals surface area contributed by atoms with Crippen LogP contribution in [-0.2, 0) is 16.0 Å². The van der Waals surface area contributed by atoms with E-state index in [4.69, 9.17) is 5.73 Å². The zero-order valence-corrected chi connectivity index (χ0v) is 17.5. The van der Waals surface area contributed by atoms with E-state index < -0.39 is 0 Å². The average molecular weight is 412 g/mol. The van der Waals surface area contributed by atoms with E-state index in [-0.39, 0.29) is 30.0 Å². The van der Waals surface area contributed by atoms with Crippen LogP contribution in [-0.4, -0.2) is 54.3 Å². The number of halogens is 1. The van der Waals surface area contributed by atoms with Crippen LogP contribution in [0.2, 0.25) is 0 Å². The number of carbonyl (C=O) groups is 2. The van der Waals surface area contributed by atoms with Crippen molar-refractivity contribution >= 4 is 11.8 Å². The van der Waals surface area contributed by atoms with Crippen LogP contribution in [0.1, 0.15) is 25.3 Å². The number of nitrogens with zero attached hydrogens (tertiary/aromatic N) is 2. The van der Waals surface area contributed by atoms with E-state index in [1.54, 1.807) is 17.0 Å². The monoisotopic (exact) mass is 411 g/mol. The van der Waals surface area contributed by atoms with E-state index >= 15 is 0 Å². The highest BCUT2D eigenvalue weighted by Crippen LogP contribution is 2.25. The van der Waals surface area contributed by atoms with Gasteiger partial charge >= 0.3 is 0 Å². The Morgan fingerprint density at radius 2 is 1.97 bits per heavy atom. The molecular formula is C24H30FN3O2. The number of benzene rings is 2. The van der Waals surface area contributed by atoms with Crippen LogP contribution in [0.25, 0.3) is 11.1 Å². The lowest BCUT2D eigenvalue weighted by molar-refractivity contribution is -0.135. The zero-order valence-electron chi connectivity index (χ0n) is 17.5. The first-order valence-corrected chi connectivity index (χ1v) is 10.6. The van der Waals surface area contributed by atoms with Gasteiger partial charge in [-0.25, -0.2) is 4.39 Å². The Morgan fingerprint density at radius 1 is 1.17 bits per heavy atom. The van der Waals surface area contributed by atoms with Gasteiger partial charge in [-0.15, -0.1) is 0 Å². The first-order valence-electron chi connectivity index (χ1n) is 10.6. The van der Waals surface area contributed by atoms with Crippen molar-refractivity contribution in [3.05, 3.63) is 59.9 Å². The van der Waals surface area contributed by atoms with Crippen LogP contribution in [0.5, 0.6) is 0 Å². The van der Waals surface area contributed by atoms with Gasteiger partial charge in [0.15, 0.2) is 0 Å². The molecule has 0 bridgehead atoms. The molecule has 2 amide bonds. The Balaban J connectivity index is 1.84. The third-order valence-corrected chi connectivity index (χ3v) is 5.54. The number of rotatable bonds is 7. The summed E-state index contributed by atoms with van der Waals surface area (Å²) in [5, 5.41) is 0. The average Bonchev–Trinajstić information content (AvgIpc) is 2.89. The molecule has 1 aliphatic rings. The molecule has 30 heavy (non-hydrogen) atoms. The molecule has 0 unspecified atom stereocenters. The summed E-state index contributed by atoms with van der Waals surface area (Å²) >= 11 is 0. The lowest BCUT2D eigenvalue weighted by Gasteiger charge is -2.24. The molecule has 1 fully saturated rings. The summed E-state index contributed by atoms with van der Waals surface area (Å²) in [4.78, 5) is 29.3. The first kappa shape index (κ1) is 22.0. The third-order valence-electron chi connectivity index (χ3n) is 5.54. The summed E-state index contributed by atoms with van der Waals surface area (Å²) in [7, 11) is 0. The van der Waals surface area contributed by atoms with Gasteiger partial charge in [-0.2, -0.15) is 0 Å². The normalized spacial score (nSPS) is 17.2. The van der Waals surface area contributed by atoms with Crippen molar-refractivity contribution in [3.8, 4) is 11.1 Å². The Hall–Kier alpha value is -2.73. The second kappa shape index (κ2) is 10.3. The lowest BCUT2D eigenvalue weighted by atomic mass is 9.94. The molecule has 3 rings (SSSR count). The standard InChI is InChI=1S/C24H30FN3O2/c1-2-12-27-13-14-28(23(29)10-11-26)17-20(24(27)30)16-18-6-5-7-19(15-18)21-8-3-4-9-22(21)25/h3-9,15,20H,2,10-14,16-17,26H2,1H3/t20-/m1/s1. The van der Waals surface area contributed by atoms with Crippen molar-refractivity contribution in [2.45, 2.75) is 26.2 Å². The van der Waals surface area contributed by atoms with Gasteiger partial charge in [0, 0.05) is 44.7 Å². The highest BCUT2D eigenvalue weighted by atomic mass is 19.1. The van der Waals surface area contributed by atoms with Gasteiger partial charge in [0.1, 0.15) is 5.82 Å². The van der Waals surface area contributed by atoms with Crippen molar-refractivity contribution in [1.29, 1.82) is 0 Å². The Morgan fingerprint density at radius 3 is 2.70 bits per heavy atom. The van der Waals surface area contributed by atoms with Crippen LogP contribution < -0.4 is 5.73 Å². The van der Waals surface area contributed by atoms with Gasteiger partial charge in [0.2, 0.25) is 11.8 Å². The quantitative estimate of drug-likeness (QED) is 0.761. The smallest absolute Gasteiger partial charge is 0.227 e. The van der Waals surface area contributed by atoms with E-state index in [1.807, 2.05) is 42.2 Å². The van der Waals surface area contributed by atoms with E-state index in [2.05, 4.69) is 0 Å². The molecule has 0 aliphatic carbocycles. The molecule has 0 aromatic heterocycles. The van der Waals surface area contributed by atoms with Gasteiger partial charge in [-0.1, -0.05) is 49.4 Å². The van der Waals surface area contributed by atoms with Crippen molar-refractivity contribution in [1.82, 2.24) is 9.80 Å². The summed E-state index contributed by atoms with van der Waals surface area (Å²) in [6.07, 6.45) is 1.67. The SMILES string of the molecule is CCCN1CCN(C(=O)CCN)C[C@@H](Cc2cccc(-c3ccccc3F)c2)C1=O. The molecule has 5 nitrogen and oxygen atoms in total. The maximum atomic E-state index is 14.2. The number of nitrogens with two attached hydrogens (primary N) is 1. The molecule has 0 spiro atoms. The number of hydrogen-bond acceptors (Lipinski definition) is 3. The van der Waals surface area contributed by atoms with Gasteiger partial charge in [0.25, 0.3) is 0 Å². The van der Waals surface area contributed by atoms with Gasteiger partial charge in [0.05, 0.1) is 5.92 Å². The summed E-state index contributed by atoms with van der Waals surface area (Å²) < 4.78 is 14.2. The number of carbonyl (C=O) groups excluding carboxylic acids is 2. The van der Waals surface area contributed by atoms with Crippen molar-refractivity contribution < 1.29 is 14.0 Å². The van der Waals surface area contributed by atoms with Gasteiger partial charge < -0.3 is 15.5 Å². The molecular weight excluding hydrogens is 381 g/mol. The molecule has 1 atom stereocenters. The maximum Gasteiger partial charge on any atom is 0.227 e. The van der Waals surface area contributed by atoms with Crippen LogP contribution in [0, 0.1) is 11.7 Å². The predicted molar refractivity (Wildman–Crippen MR) is 116 cm³/mol. The summed E-state index contributed by atoms with van der Waals surface area (Å²) in [6, 6.07) is 14.3. The van der Waals surface area contributed by atoms with Crippen LogP contribution in [0.15, 0.2) is 48.5 Å². The minimum Gasteiger partial charge on any atom is -0.341 e. The lowest BCUT2D eigenvalue weighted by Crippen LogP contribution is -2.38. The predicted octanol–water partition coefficient (Wildman–Crippen LogP) is 3.08. The second-order valence-electron chi connectivity index (χ2n) is 7.78. The summed E-state index contributed by atoms with van der Waals surface area (Å²) in [5.74, 6) is -0.519. The molecule has 0 radical (unpaired) electrons. The fourth-order valence-electron chi connectivity index (χ4n) is 4.04. The maximum absolute atomic E-state index is 14.2. The highest BCUT2D eigenvalue weighted by molar-refractivity contribution is 5.82. The van der Waals surface area contributed by atoms with Crippen molar-refractivity contribution in [2.75, 3.05) is 32.7 Å². The Labute approximate surface area is 177 Å². The topological polar surface area (TPSA) is 66.6 Å². The van der Waals surface area contributed by atoms with E-state index in [0.29, 0.717) is 44.7 Å². The van der Waals surface area contributed by atoms with Crippen LogP contribution in [0.3, 0.4) is 0 Å². The first-order chi connectivity index (χ1) is 14.5. The molecule has 6 heteroatoms. The molecule has 2 aromatic carbocycles. The molecule has 2 N–H and O–H groups in total. The van der Waals surface area contributed by atoms with Crippen LogP contribution >= 0.6 is 0 Å². The minimum atomic E-state index is -0.323. The molecule has 0 saturated carbocycles. The van der Waals surface area contributed by atoms with E-state index in [1.165, 1.54) is 6.07 Å². The molecule has 2 aromatic rings.